The number of pyridine rings is 2. The van der Waals surface area contributed by atoms with Crippen LogP contribution in [0, 0.1) is 5.82 Å². The Hall–Kier alpha value is -4.06. The van der Waals surface area contributed by atoms with Gasteiger partial charge in [-0.1, -0.05) is 36.4 Å². The molecule has 0 saturated heterocycles. The first-order valence-electron chi connectivity index (χ1n) is 10.3. The maximum Gasteiger partial charge on any atom is 0.251 e. The highest BCUT2D eigenvalue weighted by molar-refractivity contribution is 5.94. The summed E-state index contributed by atoms with van der Waals surface area (Å²) in [5.74, 6) is 0.0938. The van der Waals surface area contributed by atoms with Crippen LogP contribution in [0.1, 0.15) is 29.9 Å². The molecule has 3 heterocycles. The molecule has 0 spiro atoms. The Morgan fingerprint density at radius 3 is 2.41 bits per heavy atom. The average molecular weight is 429 g/mol. The second kappa shape index (κ2) is 10.3. The Morgan fingerprint density at radius 2 is 1.66 bits per heavy atom. The van der Waals surface area contributed by atoms with E-state index in [1.54, 1.807) is 12.3 Å². The zero-order chi connectivity index (χ0) is 22.2. The summed E-state index contributed by atoms with van der Waals surface area (Å²) in [5.41, 5.74) is 3.35. The van der Waals surface area contributed by atoms with Crippen molar-refractivity contribution >= 4 is 5.91 Å². The lowest BCUT2D eigenvalue weighted by atomic mass is 10.1. The van der Waals surface area contributed by atoms with Gasteiger partial charge in [-0.15, -0.1) is 0 Å². The van der Waals surface area contributed by atoms with Gasteiger partial charge in [0.2, 0.25) is 0 Å². The Labute approximate surface area is 187 Å². The van der Waals surface area contributed by atoms with Crippen molar-refractivity contribution in [3.8, 4) is 17.0 Å². The van der Waals surface area contributed by atoms with Crippen LogP contribution in [-0.2, 0) is 0 Å². The van der Waals surface area contributed by atoms with E-state index in [1.807, 2.05) is 48.7 Å². The molecule has 0 aliphatic carbocycles. The van der Waals surface area contributed by atoms with E-state index < -0.39 is 0 Å². The van der Waals surface area contributed by atoms with Crippen molar-refractivity contribution in [2.45, 2.75) is 12.5 Å². The Balaban J connectivity index is 0.000000202. The highest BCUT2D eigenvalue weighted by Crippen LogP contribution is 2.29. The minimum absolute atomic E-state index is 0. The topological polar surface area (TPSA) is 64.1 Å². The van der Waals surface area contributed by atoms with Crippen molar-refractivity contribution in [3.63, 3.8) is 0 Å². The van der Waals surface area contributed by atoms with Crippen LogP contribution in [0.2, 0.25) is 0 Å². The van der Waals surface area contributed by atoms with Crippen LogP contribution in [0.4, 0.5) is 4.39 Å². The molecule has 4 aromatic rings. The molecular formula is C26H24FN3O2. The monoisotopic (exact) mass is 429 g/mol. The Morgan fingerprint density at radius 1 is 0.906 bits per heavy atom. The van der Waals surface area contributed by atoms with Gasteiger partial charge in [0.05, 0.1) is 18.3 Å². The maximum atomic E-state index is 12.8. The number of rotatable bonds is 3. The van der Waals surface area contributed by atoms with Gasteiger partial charge in [0.1, 0.15) is 17.3 Å². The number of halogens is 1. The molecule has 1 N–H and O–H groups in total. The van der Waals surface area contributed by atoms with Crippen LogP contribution in [0.25, 0.3) is 11.3 Å². The van der Waals surface area contributed by atoms with Gasteiger partial charge in [-0.2, -0.15) is 0 Å². The molecule has 32 heavy (non-hydrogen) atoms. The summed E-state index contributed by atoms with van der Waals surface area (Å²) in [4.78, 5) is 20.6. The molecule has 2 aromatic heterocycles. The normalized spacial score (nSPS) is 14.2. The molecule has 5 rings (SSSR count). The molecule has 1 atom stereocenters. The summed E-state index contributed by atoms with van der Waals surface area (Å²) in [5, 5.41) is 2.91. The van der Waals surface area contributed by atoms with E-state index in [4.69, 9.17) is 4.74 Å². The minimum Gasteiger partial charge on any atom is -0.491 e. The highest BCUT2D eigenvalue weighted by Gasteiger charge is 2.24. The lowest BCUT2D eigenvalue weighted by Gasteiger charge is -2.25. The summed E-state index contributed by atoms with van der Waals surface area (Å²) < 4.78 is 18.3. The number of amides is 1. The number of nitrogens with one attached hydrogen (secondary N) is 1. The summed E-state index contributed by atoms with van der Waals surface area (Å²) in [6, 6.07) is 25.0. The third kappa shape index (κ3) is 5.35. The van der Waals surface area contributed by atoms with E-state index in [1.165, 1.54) is 24.3 Å². The number of aromatic nitrogens is 2. The molecule has 1 aliphatic rings. The van der Waals surface area contributed by atoms with Gasteiger partial charge in [-0.25, -0.2) is 4.39 Å². The standard InChI is InChI=1S/C15H13FN2O2.C11H9N.H2/c16-11-5-3-10(4-6-11)15(19)18-12-7-9-20-13-2-1-8-17-14(12)13;1-2-6-10(7-3-1)11-8-4-5-9-12-11;/h1-6,8,12H,7,9H2,(H,18,19);1-9H;1H/t12-;;/m1../s1. The van der Waals surface area contributed by atoms with E-state index in [-0.39, 0.29) is 19.2 Å². The fraction of sp³-hybridized carbons (Fsp3) is 0.115. The van der Waals surface area contributed by atoms with Crippen LogP contribution in [-0.4, -0.2) is 22.5 Å². The predicted octanol–water partition coefficient (Wildman–Crippen LogP) is 5.47. The van der Waals surface area contributed by atoms with Gasteiger partial charge < -0.3 is 10.1 Å². The molecule has 0 bridgehead atoms. The van der Waals surface area contributed by atoms with Gasteiger partial charge in [-0.3, -0.25) is 14.8 Å². The molecule has 0 fully saturated rings. The van der Waals surface area contributed by atoms with Crippen molar-refractivity contribution in [1.82, 2.24) is 15.3 Å². The molecule has 162 valence electrons. The van der Waals surface area contributed by atoms with E-state index in [2.05, 4.69) is 27.4 Å². The SMILES string of the molecule is O=C(N[C@@H]1CCOc2cccnc21)c1ccc(F)cc1.[HH].c1ccc(-c2ccccn2)cc1. The third-order valence-corrected chi connectivity index (χ3v) is 4.94. The summed E-state index contributed by atoms with van der Waals surface area (Å²) in [6.07, 6.45) is 4.14. The van der Waals surface area contributed by atoms with Crippen LogP contribution in [0.5, 0.6) is 5.75 Å². The lowest BCUT2D eigenvalue weighted by Crippen LogP contribution is -2.32. The van der Waals surface area contributed by atoms with Gasteiger partial charge in [0.15, 0.2) is 0 Å². The van der Waals surface area contributed by atoms with E-state index in [9.17, 15) is 9.18 Å². The number of hydrogen-bond donors (Lipinski definition) is 1. The first kappa shape index (κ1) is 21.2. The Bertz CT molecular complexity index is 1120. The smallest absolute Gasteiger partial charge is 0.251 e. The van der Waals surface area contributed by atoms with E-state index in [0.717, 1.165) is 17.0 Å². The van der Waals surface area contributed by atoms with Gasteiger partial charge in [-0.05, 0) is 48.5 Å². The second-order valence-electron chi connectivity index (χ2n) is 7.14. The van der Waals surface area contributed by atoms with Crippen LogP contribution in [0.3, 0.4) is 0 Å². The van der Waals surface area contributed by atoms with Crippen LogP contribution >= 0.6 is 0 Å². The van der Waals surface area contributed by atoms with Gasteiger partial charge in [0, 0.05) is 31.4 Å². The number of fused-ring (bicyclic) bond motifs is 1. The lowest BCUT2D eigenvalue weighted by molar-refractivity contribution is 0.0923. The minimum atomic E-state index is -0.361. The number of ether oxygens (including phenoxy) is 1. The first-order chi connectivity index (χ1) is 15.7. The first-order valence-corrected chi connectivity index (χ1v) is 10.3. The third-order valence-electron chi connectivity index (χ3n) is 4.94. The van der Waals surface area contributed by atoms with E-state index >= 15 is 0 Å². The number of carbonyl (C=O) groups excluding carboxylic acids is 1. The number of nitrogens with zero attached hydrogens (tertiary/aromatic N) is 2. The van der Waals surface area contributed by atoms with Crippen molar-refractivity contribution in [2.24, 2.45) is 0 Å². The Kier molecular flexibility index (Phi) is 6.82. The largest absolute Gasteiger partial charge is 0.491 e. The van der Waals surface area contributed by atoms with Crippen molar-refractivity contribution in [2.75, 3.05) is 6.61 Å². The summed E-state index contributed by atoms with van der Waals surface area (Å²) >= 11 is 0. The van der Waals surface area contributed by atoms with Crippen LogP contribution in [0.15, 0.2) is 97.3 Å². The van der Waals surface area contributed by atoms with E-state index in [0.29, 0.717) is 24.3 Å². The number of benzene rings is 2. The quantitative estimate of drug-likeness (QED) is 0.469. The predicted molar refractivity (Wildman–Crippen MR) is 123 cm³/mol. The fourth-order valence-corrected chi connectivity index (χ4v) is 3.34. The highest BCUT2D eigenvalue weighted by atomic mass is 19.1. The molecule has 5 nitrogen and oxygen atoms in total. The molecule has 0 radical (unpaired) electrons. The molecule has 1 aliphatic heterocycles. The van der Waals surface area contributed by atoms with Crippen molar-refractivity contribution in [1.29, 1.82) is 0 Å². The molecule has 2 aromatic carbocycles. The number of hydrogen-bond acceptors (Lipinski definition) is 4. The molecular weight excluding hydrogens is 405 g/mol. The summed E-state index contributed by atoms with van der Waals surface area (Å²) in [7, 11) is 0. The van der Waals surface area contributed by atoms with Crippen molar-refractivity contribution < 1.29 is 15.3 Å². The van der Waals surface area contributed by atoms with Gasteiger partial charge >= 0.3 is 0 Å². The molecule has 0 unspecified atom stereocenters. The zero-order valence-electron chi connectivity index (χ0n) is 17.3. The molecule has 0 saturated carbocycles. The zero-order valence-corrected chi connectivity index (χ0v) is 17.3. The molecule has 1 amide bonds. The maximum absolute atomic E-state index is 12.8. The van der Waals surface area contributed by atoms with Crippen LogP contribution < -0.4 is 10.1 Å². The van der Waals surface area contributed by atoms with Gasteiger partial charge in [0.25, 0.3) is 5.91 Å². The average Bonchev–Trinajstić information content (AvgIpc) is 2.86. The van der Waals surface area contributed by atoms with Crippen molar-refractivity contribution in [3.05, 3.63) is 114 Å². The molecule has 6 heteroatoms. The fourth-order valence-electron chi connectivity index (χ4n) is 3.34. The second-order valence-corrected chi connectivity index (χ2v) is 7.14. The summed E-state index contributed by atoms with van der Waals surface area (Å²) in [6.45, 7) is 0.535. The number of carbonyl (C=O) groups is 1.